The number of allylic oxidation sites excluding steroid dienone is 3. The summed E-state index contributed by atoms with van der Waals surface area (Å²) in [7, 11) is 0. The first-order valence-corrected chi connectivity index (χ1v) is 30.1. The van der Waals surface area contributed by atoms with Crippen LogP contribution in [0.3, 0.4) is 0 Å². The van der Waals surface area contributed by atoms with Crippen LogP contribution in [0.2, 0.25) is 0 Å². The van der Waals surface area contributed by atoms with E-state index in [1.54, 1.807) is 6.08 Å². The number of carbonyl (C=O) groups excluding carboxylic acids is 1. The zero-order valence-corrected chi connectivity index (χ0v) is 44.9. The van der Waals surface area contributed by atoms with E-state index >= 15 is 0 Å². The van der Waals surface area contributed by atoms with Crippen molar-refractivity contribution in [3.05, 3.63) is 24.3 Å². The minimum atomic E-state index is -0.928. The lowest BCUT2D eigenvalue weighted by atomic mass is 10.0. The fourth-order valence-electron chi connectivity index (χ4n) is 9.63. The third-order valence-electron chi connectivity index (χ3n) is 14.2. The summed E-state index contributed by atoms with van der Waals surface area (Å²) in [6, 6.07) is -0.743. The number of amides is 1. The van der Waals surface area contributed by atoms with E-state index in [0.29, 0.717) is 6.42 Å². The molecule has 66 heavy (non-hydrogen) atoms. The molecular formula is C61H119NO4. The quantitative estimate of drug-likeness (QED) is 0.0361. The molecular weight excluding hydrogens is 811 g/mol. The second-order valence-corrected chi connectivity index (χ2v) is 21.0. The third kappa shape index (κ3) is 52.2. The average Bonchev–Trinajstić information content (AvgIpc) is 3.31. The second-order valence-electron chi connectivity index (χ2n) is 21.0. The molecule has 0 radical (unpaired) electrons. The van der Waals surface area contributed by atoms with Crippen LogP contribution >= 0.6 is 0 Å². The van der Waals surface area contributed by atoms with Crippen LogP contribution < -0.4 is 5.32 Å². The fourth-order valence-corrected chi connectivity index (χ4v) is 9.63. The van der Waals surface area contributed by atoms with Gasteiger partial charge in [-0.25, -0.2) is 0 Å². The molecule has 0 heterocycles. The maximum Gasteiger partial charge on any atom is 0.222 e. The van der Waals surface area contributed by atoms with Gasteiger partial charge in [-0.2, -0.15) is 0 Å². The lowest BCUT2D eigenvalue weighted by Crippen LogP contribution is -2.45. The van der Waals surface area contributed by atoms with Gasteiger partial charge in [-0.15, -0.1) is 0 Å². The van der Waals surface area contributed by atoms with Gasteiger partial charge in [-0.05, 0) is 44.9 Å². The topological polar surface area (TPSA) is 89.8 Å². The summed E-state index contributed by atoms with van der Waals surface area (Å²) < 4.78 is 0. The molecule has 0 aliphatic rings. The summed E-state index contributed by atoms with van der Waals surface area (Å²) in [5.74, 6) is -0.310. The van der Waals surface area contributed by atoms with Crippen molar-refractivity contribution in [1.82, 2.24) is 5.32 Å². The molecule has 0 aromatic rings. The highest BCUT2D eigenvalue weighted by Gasteiger charge is 2.20. The molecule has 3 atom stereocenters. The Balaban J connectivity index is 3.49. The van der Waals surface area contributed by atoms with Gasteiger partial charge in [0.2, 0.25) is 5.91 Å². The highest BCUT2D eigenvalue weighted by atomic mass is 16.3. The van der Waals surface area contributed by atoms with E-state index in [-0.39, 0.29) is 18.9 Å². The summed E-state index contributed by atoms with van der Waals surface area (Å²) in [5, 5.41) is 33.5. The van der Waals surface area contributed by atoms with Gasteiger partial charge in [0.15, 0.2) is 0 Å². The first kappa shape index (κ1) is 64.8. The first-order chi connectivity index (χ1) is 32.5. The molecule has 392 valence electrons. The molecule has 0 bridgehead atoms. The Hall–Kier alpha value is -1.17. The number of hydrogen-bond donors (Lipinski definition) is 4. The minimum absolute atomic E-state index is 0.0172. The summed E-state index contributed by atoms with van der Waals surface area (Å²) in [4.78, 5) is 12.5. The predicted molar refractivity (Wildman–Crippen MR) is 292 cm³/mol. The Morgan fingerprint density at radius 2 is 0.636 bits per heavy atom. The van der Waals surface area contributed by atoms with Gasteiger partial charge in [-0.1, -0.05) is 308 Å². The van der Waals surface area contributed by atoms with E-state index < -0.39 is 18.2 Å². The van der Waals surface area contributed by atoms with Gasteiger partial charge in [-0.3, -0.25) is 4.79 Å². The van der Waals surface area contributed by atoms with Gasteiger partial charge in [0.1, 0.15) is 0 Å². The normalized spacial score (nSPS) is 13.3. The maximum absolute atomic E-state index is 12.5. The molecule has 0 spiro atoms. The van der Waals surface area contributed by atoms with E-state index in [4.69, 9.17) is 0 Å². The lowest BCUT2D eigenvalue weighted by molar-refractivity contribution is -0.124. The fraction of sp³-hybridized carbons (Fsp3) is 0.918. The Morgan fingerprint density at radius 1 is 0.379 bits per heavy atom. The zero-order chi connectivity index (χ0) is 47.9. The van der Waals surface area contributed by atoms with Gasteiger partial charge < -0.3 is 20.6 Å². The van der Waals surface area contributed by atoms with Crippen LogP contribution in [-0.4, -0.2) is 46.1 Å². The number of rotatable bonds is 56. The number of hydrogen-bond acceptors (Lipinski definition) is 4. The monoisotopic (exact) mass is 930 g/mol. The Morgan fingerprint density at radius 3 is 0.924 bits per heavy atom. The van der Waals surface area contributed by atoms with E-state index in [1.165, 1.54) is 283 Å². The molecule has 5 nitrogen and oxygen atoms in total. The largest absolute Gasteiger partial charge is 0.394 e. The SMILES string of the molecule is CCCCCCCCCCCCCCCC/C=C\CCCCCCCCCCCCCCCCCC(O)CC(=O)NC(CO)C(O)/C=C/CCCCCCCCCCCCCCCCCC. The lowest BCUT2D eigenvalue weighted by Gasteiger charge is -2.21. The highest BCUT2D eigenvalue weighted by molar-refractivity contribution is 5.76. The van der Waals surface area contributed by atoms with E-state index in [0.717, 1.165) is 25.7 Å². The number of carbonyl (C=O) groups is 1. The van der Waals surface area contributed by atoms with Crippen LogP contribution in [0.1, 0.15) is 335 Å². The van der Waals surface area contributed by atoms with Crippen LogP contribution in [0.4, 0.5) is 0 Å². The molecule has 0 rings (SSSR count). The van der Waals surface area contributed by atoms with Crippen molar-refractivity contribution in [3.63, 3.8) is 0 Å². The Labute approximate surface area is 413 Å². The smallest absolute Gasteiger partial charge is 0.222 e. The first-order valence-electron chi connectivity index (χ1n) is 30.1. The number of nitrogens with one attached hydrogen (secondary N) is 1. The van der Waals surface area contributed by atoms with Crippen LogP contribution in [0, 0.1) is 0 Å². The Bertz CT molecular complexity index is 982. The molecule has 0 aromatic carbocycles. The number of aliphatic hydroxyl groups excluding tert-OH is 3. The molecule has 0 fully saturated rings. The predicted octanol–water partition coefficient (Wildman–Crippen LogP) is 18.8. The van der Waals surface area contributed by atoms with Crippen LogP contribution in [0.25, 0.3) is 0 Å². The second kappa shape index (κ2) is 56.4. The molecule has 0 aliphatic carbocycles. The van der Waals surface area contributed by atoms with Crippen molar-refractivity contribution in [2.45, 2.75) is 353 Å². The van der Waals surface area contributed by atoms with Gasteiger partial charge in [0.25, 0.3) is 0 Å². The molecule has 1 amide bonds. The molecule has 0 saturated carbocycles. The standard InChI is InChI=1S/C61H119NO4/c1-3-5-7-9-11-13-15-17-19-21-23-24-25-26-27-28-29-30-31-32-33-34-35-36-37-38-40-42-44-46-48-50-52-54-58(64)56-61(66)62-59(57-63)60(65)55-53-51-49-47-45-43-41-39-22-20-18-16-14-12-10-8-6-4-2/h28-29,53,55,58-60,63-65H,3-27,30-52,54,56-57H2,1-2H3,(H,62,66)/b29-28-,55-53+. The Kier molecular flexibility index (Phi) is 55.4. The van der Waals surface area contributed by atoms with Crippen molar-refractivity contribution in [2.24, 2.45) is 0 Å². The van der Waals surface area contributed by atoms with Crippen LogP contribution in [0.15, 0.2) is 24.3 Å². The minimum Gasteiger partial charge on any atom is -0.394 e. The summed E-state index contributed by atoms with van der Waals surface area (Å²) >= 11 is 0. The van der Waals surface area contributed by atoms with Gasteiger partial charge in [0.05, 0.1) is 31.3 Å². The number of aliphatic hydroxyl groups is 3. The summed E-state index contributed by atoms with van der Waals surface area (Å²) in [5.41, 5.74) is 0. The zero-order valence-electron chi connectivity index (χ0n) is 44.9. The van der Waals surface area contributed by atoms with Crippen molar-refractivity contribution in [2.75, 3.05) is 6.61 Å². The summed E-state index contributed by atoms with van der Waals surface area (Å²) in [6.45, 7) is 4.25. The number of unbranched alkanes of at least 4 members (excludes halogenated alkanes) is 45. The van der Waals surface area contributed by atoms with E-state index in [9.17, 15) is 20.1 Å². The van der Waals surface area contributed by atoms with E-state index in [2.05, 4.69) is 31.3 Å². The molecule has 0 aliphatic heterocycles. The molecule has 0 saturated heterocycles. The third-order valence-corrected chi connectivity index (χ3v) is 14.2. The molecule has 3 unspecified atom stereocenters. The molecule has 4 N–H and O–H groups in total. The van der Waals surface area contributed by atoms with Crippen LogP contribution in [0.5, 0.6) is 0 Å². The maximum atomic E-state index is 12.5. The van der Waals surface area contributed by atoms with Crippen LogP contribution in [-0.2, 0) is 4.79 Å². The van der Waals surface area contributed by atoms with E-state index in [1.807, 2.05) is 6.08 Å². The van der Waals surface area contributed by atoms with Gasteiger partial charge in [0, 0.05) is 0 Å². The summed E-state index contributed by atoms with van der Waals surface area (Å²) in [6.07, 6.45) is 72.5. The molecule has 0 aromatic heterocycles. The van der Waals surface area contributed by atoms with Crippen molar-refractivity contribution >= 4 is 5.91 Å². The van der Waals surface area contributed by atoms with Crippen molar-refractivity contribution in [1.29, 1.82) is 0 Å². The van der Waals surface area contributed by atoms with Crippen molar-refractivity contribution in [3.8, 4) is 0 Å². The van der Waals surface area contributed by atoms with Gasteiger partial charge >= 0.3 is 0 Å². The highest BCUT2D eigenvalue weighted by Crippen LogP contribution is 2.18. The van der Waals surface area contributed by atoms with Crippen molar-refractivity contribution < 1.29 is 20.1 Å². The molecule has 5 heteroatoms. The average molecular weight is 931 g/mol.